The van der Waals surface area contributed by atoms with Crippen LogP contribution in [0.3, 0.4) is 0 Å². The van der Waals surface area contributed by atoms with Crippen molar-refractivity contribution in [2.75, 3.05) is 5.32 Å². The van der Waals surface area contributed by atoms with Gasteiger partial charge in [-0.2, -0.15) is 5.10 Å². The molecule has 2 aromatic carbocycles. The van der Waals surface area contributed by atoms with E-state index in [1.807, 2.05) is 30.3 Å². The maximum atomic E-state index is 12.7. The molecule has 2 heterocycles. The normalized spacial score (nSPS) is 10.9. The predicted molar refractivity (Wildman–Crippen MR) is 103 cm³/mol. The van der Waals surface area contributed by atoms with E-state index < -0.39 is 0 Å². The molecule has 0 spiro atoms. The molecular formula is C19H14ClN5O2. The maximum absolute atomic E-state index is 12.7. The average molecular weight is 380 g/mol. The number of fused-ring (bicyclic) bond motifs is 1. The molecule has 1 amide bonds. The van der Waals surface area contributed by atoms with Crippen molar-refractivity contribution in [3.05, 3.63) is 82.5 Å². The summed E-state index contributed by atoms with van der Waals surface area (Å²) in [6.45, 7) is -0.145. The first-order chi connectivity index (χ1) is 13.1. The van der Waals surface area contributed by atoms with Crippen molar-refractivity contribution in [1.82, 2.24) is 19.3 Å². The van der Waals surface area contributed by atoms with E-state index in [0.29, 0.717) is 27.4 Å². The van der Waals surface area contributed by atoms with Gasteiger partial charge in [-0.05, 0) is 24.3 Å². The van der Waals surface area contributed by atoms with Crippen molar-refractivity contribution in [2.45, 2.75) is 6.54 Å². The molecule has 4 aromatic rings. The molecule has 2 aromatic heterocycles. The van der Waals surface area contributed by atoms with Crippen molar-refractivity contribution in [3.8, 4) is 5.69 Å². The highest BCUT2D eigenvalue weighted by atomic mass is 35.5. The van der Waals surface area contributed by atoms with E-state index in [9.17, 15) is 9.59 Å². The van der Waals surface area contributed by atoms with Crippen LogP contribution in [-0.4, -0.2) is 25.2 Å². The highest BCUT2D eigenvalue weighted by Crippen LogP contribution is 2.21. The summed E-state index contributed by atoms with van der Waals surface area (Å²) in [5, 5.41) is 7.78. The van der Waals surface area contributed by atoms with Gasteiger partial charge in [0.1, 0.15) is 18.3 Å². The van der Waals surface area contributed by atoms with Crippen LogP contribution >= 0.6 is 11.6 Å². The van der Waals surface area contributed by atoms with Gasteiger partial charge in [0, 0.05) is 5.69 Å². The Bertz CT molecular complexity index is 1180. The van der Waals surface area contributed by atoms with Crippen LogP contribution in [0.25, 0.3) is 16.7 Å². The smallest absolute Gasteiger partial charge is 0.264 e. The number of anilines is 1. The van der Waals surface area contributed by atoms with Crippen molar-refractivity contribution in [3.63, 3.8) is 0 Å². The van der Waals surface area contributed by atoms with Gasteiger partial charge in [-0.15, -0.1) is 0 Å². The van der Waals surface area contributed by atoms with E-state index in [-0.39, 0.29) is 18.0 Å². The Morgan fingerprint density at radius 1 is 1.07 bits per heavy atom. The number of halogens is 1. The Balaban J connectivity index is 1.65. The Hall–Kier alpha value is -3.45. The first kappa shape index (κ1) is 17.0. The summed E-state index contributed by atoms with van der Waals surface area (Å²) in [7, 11) is 0. The first-order valence-electron chi connectivity index (χ1n) is 8.16. The Morgan fingerprint density at radius 2 is 1.81 bits per heavy atom. The molecule has 7 nitrogen and oxygen atoms in total. The fourth-order valence-electron chi connectivity index (χ4n) is 2.74. The molecule has 0 atom stereocenters. The zero-order valence-corrected chi connectivity index (χ0v) is 14.8. The number of nitrogens with one attached hydrogen (secondary N) is 1. The Morgan fingerprint density at radius 3 is 2.59 bits per heavy atom. The number of carbonyl (C=O) groups excluding carboxylic acids is 1. The molecule has 0 bridgehead atoms. The average Bonchev–Trinajstić information content (AvgIpc) is 3.10. The van der Waals surface area contributed by atoms with E-state index in [1.54, 1.807) is 24.3 Å². The third-order valence-corrected chi connectivity index (χ3v) is 4.33. The fraction of sp³-hybridized carbons (Fsp3) is 0.0526. The maximum Gasteiger partial charge on any atom is 0.264 e. The van der Waals surface area contributed by atoms with Gasteiger partial charge in [-0.1, -0.05) is 41.9 Å². The number of amides is 1. The van der Waals surface area contributed by atoms with Crippen LogP contribution in [0.1, 0.15) is 0 Å². The summed E-state index contributed by atoms with van der Waals surface area (Å²) < 4.78 is 2.76. The minimum Gasteiger partial charge on any atom is -0.325 e. The van der Waals surface area contributed by atoms with Gasteiger partial charge in [-0.3, -0.25) is 14.2 Å². The third kappa shape index (κ3) is 3.32. The van der Waals surface area contributed by atoms with Crippen LogP contribution in [0, 0.1) is 0 Å². The number of benzene rings is 2. The van der Waals surface area contributed by atoms with Crippen molar-refractivity contribution < 1.29 is 4.79 Å². The van der Waals surface area contributed by atoms with Crippen molar-refractivity contribution in [2.24, 2.45) is 0 Å². The molecule has 0 aliphatic heterocycles. The number of hydrogen-bond donors (Lipinski definition) is 1. The van der Waals surface area contributed by atoms with E-state index in [2.05, 4.69) is 15.4 Å². The van der Waals surface area contributed by atoms with Gasteiger partial charge in [0.25, 0.3) is 5.56 Å². The van der Waals surface area contributed by atoms with Crippen LogP contribution in [-0.2, 0) is 11.3 Å². The Kier molecular flexibility index (Phi) is 4.43. The zero-order chi connectivity index (χ0) is 18.8. The van der Waals surface area contributed by atoms with Gasteiger partial charge < -0.3 is 5.32 Å². The minimum absolute atomic E-state index is 0.145. The number of aromatic nitrogens is 4. The summed E-state index contributed by atoms with van der Waals surface area (Å²) in [6, 6.07) is 16.2. The highest BCUT2D eigenvalue weighted by molar-refractivity contribution is 6.32. The lowest BCUT2D eigenvalue weighted by Crippen LogP contribution is -2.27. The molecule has 0 saturated carbocycles. The van der Waals surface area contributed by atoms with Crippen LogP contribution in [0.5, 0.6) is 0 Å². The predicted octanol–water partition coefficient (Wildman–Crippen LogP) is 2.87. The zero-order valence-electron chi connectivity index (χ0n) is 14.0. The van der Waals surface area contributed by atoms with Crippen molar-refractivity contribution in [1.29, 1.82) is 0 Å². The topological polar surface area (TPSA) is 81.8 Å². The molecule has 8 heteroatoms. The standard InChI is InChI=1S/C19H14ClN5O2/c20-15-8-4-5-9-16(15)25-18-14(10-22-25)19(27)24(12-21-18)11-17(26)23-13-6-2-1-3-7-13/h1-10,12H,11H2,(H,23,26). The summed E-state index contributed by atoms with van der Waals surface area (Å²) in [6.07, 6.45) is 2.77. The molecule has 0 aliphatic carbocycles. The lowest BCUT2D eigenvalue weighted by Gasteiger charge is -2.08. The van der Waals surface area contributed by atoms with Crippen LogP contribution in [0.15, 0.2) is 71.9 Å². The van der Waals surface area contributed by atoms with Gasteiger partial charge in [0.05, 0.1) is 16.9 Å². The third-order valence-electron chi connectivity index (χ3n) is 4.01. The van der Waals surface area contributed by atoms with Gasteiger partial charge in [-0.25, -0.2) is 9.67 Å². The number of rotatable bonds is 4. The lowest BCUT2D eigenvalue weighted by molar-refractivity contribution is -0.116. The quantitative estimate of drug-likeness (QED) is 0.591. The minimum atomic E-state index is -0.346. The van der Waals surface area contributed by atoms with Crippen molar-refractivity contribution >= 4 is 34.2 Å². The molecule has 0 saturated heterocycles. The lowest BCUT2D eigenvalue weighted by atomic mass is 10.3. The fourth-order valence-corrected chi connectivity index (χ4v) is 2.95. The highest BCUT2D eigenvalue weighted by Gasteiger charge is 2.14. The molecule has 0 fully saturated rings. The molecule has 1 N–H and O–H groups in total. The molecule has 134 valence electrons. The van der Waals surface area contributed by atoms with E-state index in [1.165, 1.54) is 21.8 Å². The van der Waals surface area contributed by atoms with Crippen LogP contribution in [0.2, 0.25) is 5.02 Å². The molecule has 0 radical (unpaired) electrons. The molecule has 4 rings (SSSR count). The number of nitrogens with zero attached hydrogens (tertiary/aromatic N) is 4. The van der Waals surface area contributed by atoms with E-state index >= 15 is 0 Å². The summed E-state index contributed by atoms with van der Waals surface area (Å²) in [5.41, 5.74) is 1.33. The van der Waals surface area contributed by atoms with E-state index in [0.717, 1.165) is 0 Å². The SMILES string of the molecule is O=C(Cn1cnc2c(cnn2-c2ccccc2Cl)c1=O)Nc1ccccc1. The number of para-hydroxylation sites is 2. The summed E-state index contributed by atoms with van der Waals surface area (Å²) in [5.74, 6) is -0.317. The molecular weight excluding hydrogens is 366 g/mol. The van der Waals surface area contributed by atoms with Gasteiger partial charge in [0.15, 0.2) is 5.65 Å². The second-order valence-corrected chi connectivity index (χ2v) is 6.24. The van der Waals surface area contributed by atoms with Gasteiger partial charge >= 0.3 is 0 Å². The largest absolute Gasteiger partial charge is 0.325 e. The molecule has 0 unspecified atom stereocenters. The molecule has 27 heavy (non-hydrogen) atoms. The second kappa shape index (κ2) is 7.05. The Labute approximate surface area is 158 Å². The second-order valence-electron chi connectivity index (χ2n) is 5.84. The van der Waals surface area contributed by atoms with Crippen LogP contribution in [0.4, 0.5) is 5.69 Å². The summed E-state index contributed by atoms with van der Waals surface area (Å²) >= 11 is 6.21. The number of hydrogen-bond acceptors (Lipinski definition) is 4. The van der Waals surface area contributed by atoms with Crippen LogP contribution < -0.4 is 10.9 Å². The number of carbonyl (C=O) groups is 1. The molecule has 0 aliphatic rings. The van der Waals surface area contributed by atoms with Gasteiger partial charge in [0.2, 0.25) is 5.91 Å². The first-order valence-corrected chi connectivity index (χ1v) is 8.54. The monoisotopic (exact) mass is 379 g/mol. The summed E-state index contributed by atoms with van der Waals surface area (Å²) in [4.78, 5) is 29.2. The van der Waals surface area contributed by atoms with E-state index in [4.69, 9.17) is 11.6 Å².